The first kappa shape index (κ1) is 14.2. The van der Waals surface area contributed by atoms with Crippen LogP contribution in [0.1, 0.15) is 11.1 Å². The Morgan fingerprint density at radius 2 is 1.95 bits per heavy atom. The predicted molar refractivity (Wildman–Crippen MR) is 88.1 cm³/mol. The van der Waals surface area contributed by atoms with Gasteiger partial charge in [0.05, 0.1) is 7.11 Å². The lowest BCUT2D eigenvalue weighted by Crippen LogP contribution is -2.36. The molecule has 112 valence electrons. The zero-order chi connectivity index (χ0) is 15.4. The van der Waals surface area contributed by atoms with Crippen molar-refractivity contribution in [2.75, 3.05) is 18.6 Å². The number of para-hydroxylation sites is 1. The number of anilines is 1. The molecule has 0 radical (unpaired) electrons. The zero-order valence-electron chi connectivity index (χ0n) is 12.5. The molecule has 1 N–H and O–H groups in total. The SMILES string of the molecule is COc1ccc(/C=C/NC(=O)N2CCc3ccccc32)cc1. The Kier molecular flexibility index (Phi) is 4.10. The van der Waals surface area contributed by atoms with Crippen LogP contribution in [0.2, 0.25) is 0 Å². The summed E-state index contributed by atoms with van der Waals surface area (Å²) in [5.74, 6) is 0.815. The van der Waals surface area contributed by atoms with E-state index < -0.39 is 0 Å². The van der Waals surface area contributed by atoms with Gasteiger partial charge in [0.1, 0.15) is 5.75 Å². The van der Waals surface area contributed by atoms with Gasteiger partial charge in [0.2, 0.25) is 0 Å². The largest absolute Gasteiger partial charge is 0.497 e. The van der Waals surface area contributed by atoms with Crippen molar-refractivity contribution in [1.82, 2.24) is 5.32 Å². The van der Waals surface area contributed by atoms with Crippen LogP contribution in [0.4, 0.5) is 10.5 Å². The van der Waals surface area contributed by atoms with Crippen LogP contribution in [-0.4, -0.2) is 19.7 Å². The Labute approximate surface area is 130 Å². The third-order valence-corrected chi connectivity index (χ3v) is 3.73. The molecule has 2 aromatic carbocycles. The van der Waals surface area contributed by atoms with E-state index in [0.717, 1.165) is 30.0 Å². The van der Waals surface area contributed by atoms with Gasteiger partial charge in [-0.3, -0.25) is 4.90 Å². The van der Waals surface area contributed by atoms with E-state index in [-0.39, 0.29) is 6.03 Å². The molecule has 0 fully saturated rings. The van der Waals surface area contributed by atoms with E-state index in [2.05, 4.69) is 11.4 Å². The number of methoxy groups -OCH3 is 1. The molecule has 2 amide bonds. The average Bonchev–Trinajstić information content (AvgIpc) is 2.99. The maximum Gasteiger partial charge on any atom is 0.325 e. The van der Waals surface area contributed by atoms with Gasteiger partial charge < -0.3 is 10.1 Å². The van der Waals surface area contributed by atoms with Crippen LogP contribution < -0.4 is 15.0 Å². The third-order valence-electron chi connectivity index (χ3n) is 3.73. The van der Waals surface area contributed by atoms with Crippen molar-refractivity contribution in [2.45, 2.75) is 6.42 Å². The molecule has 0 bridgehead atoms. The highest BCUT2D eigenvalue weighted by molar-refractivity contribution is 5.95. The van der Waals surface area contributed by atoms with Crippen LogP contribution in [0.3, 0.4) is 0 Å². The molecule has 4 nitrogen and oxygen atoms in total. The first-order chi connectivity index (χ1) is 10.8. The second-order valence-corrected chi connectivity index (χ2v) is 5.09. The smallest absolute Gasteiger partial charge is 0.325 e. The lowest BCUT2D eigenvalue weighted by Gasteiger charge is -2.16. The summed E-state index contributed by atoms with van der Waals surface area (Å²) >= 11 is 0. The van der Waals surface area contributed by atoms with E-state index in [0.29, 0.717) is 0 Å². The highest BCUT2D eigenvalue weighted by Gasteiger charge is 2.23. The number of hydrogen-bond donors (Lipinski definition) is 1. The van der Waals surface area contributed by atoms with E-state index >= 15 is 0 Å². The topological polar surface area (TPSA) is 41.6 Å². The fraction of sp³-hybridized carbons (Fsp3) is 0.167. The zero-order valence-corrected chi connectivity index (χ0v) is 12.5. The van der Waals surface area contributed by atoms with Gasteiger partial charge in [-0.25, -0.2) is 4.79 Å². The summed E-state index contributed by atoms with van der Waals surface area (Å²) in [6, 6.07) is 15.6. The van der Waals surface area contributed by atoms with Crippen molar-refractivity contribution in [3.63, 3.8) is 0 Å². The maximum atomic E-state index is 12.2. The number of carbonyl (C=O) groups excluding carboxylic acids is 1. The summed E-state index contributed by atoms with van der Waals surface area (Å²) in [4.78, 5) is 14.0. The molecule has 1 heterocycles. The average molecular weight is 294 g/mol. The minimum absolute atomic E-state index is 0.102. The lowest BCUT2D eigenvalue weighted by molar-refractivity contribution is 0.250. The Balaban J connectivity index is 1.62. The van der Waals surface area contributed by atoms with Crippen LogP contribution in [0, 0.1) is 0 Å². The van der Waals surface area contributed by atoms with E-state index in [1.165, 1.54) is 5.56 Å². The van der Waals surface area contributed by atoms with Gasteiger partial charge in [-0.15, -0.1) is 0 Å². The molecule has 22 heavy (non-hydrogen) atoms. The highest BCUT2D eigenvalue weighted by Crippen LogP contribution is 2.27. The molecule has 0 atom stereocenters. The number of fused-ring (bicyclic) bond motifs is 1. The van der Waals surface area contributed by atoms with E-state index in [1.54, 1.807) is 18.2 Å². The Morgan fingerprint density at radius 1 is 1.18 bits per heavy atom. The number of rotatable bonds is 3. The molecule has 0 saturated carbocycles. The minimum Gasteiger partial charge on any atom is -0.497 e. The maximum absolute atomic E-state index is 12.2. The summed E-state index contributed by atoms with van der Waals surface area (Å²) in [5, 5.41) is 2.82. The number of hydrogen-bond acceptors (Lipinski definition) is 2. The molecule has 0 spiro atoms. The van der Waals surface area contributed by atoms with Crippen molar-refractivity contribution >= 4 is 17.8 Å². The van der Waals surface area contributed by atoms with Crippen LogP contribution in [0.25, 0.3) is 6.08 Å². The van der Waals surface area contributed by atoms with Crippen molar-refractivity contribution in [3.05, 3.63) is 65.9 Å². The summed E-state index contributed by atoms with van der Waals surface area (Å²) in [6.07, 6.45) is 4.44. The van der Waals surface area contributed by atoms with Gasteiger partial charge in [0, 0.05) is 18.4 Å². The fourth-order valence-corrected chi connectivity index (χ4v) is 2.55. The third kappa shape index (κ3) is 2.96. The Hall–Kier alpha value is -2.75. The number of amides is 2. The summed E-state index contributed by atoms with van der Waals surface area (Å²) in [7, 11) is 1.64. The molecular weight excluding hydrogens is 276 g/mol. The summed E-state index contributed by atoms with van der Waals surface area (Å²) in [5.41, 5.74) is 3.22. The summed E-state index contributed by atoms with van der Waals surface area (Å²) < 4.78 is 5.11. The van der Waals surface area contributed by atoms with Crippen LogP contribution >= 0.6 is 0 Å². The number of nitrogens with zero attached hydrogens (tertiary/aromatic N) is 1. The quantitative estimate of drug-likeness (QED) is 0.942. The van der Waals surface area contributed by atoms with Crippen molar-refractivity contribution in [3.8, 4) is 5.75 Å². The monoisotopic (exact) mass is 294 g/mol. The molecular formula is C18H18N2O2. The van der Waals surface area contributed by atoms with Crippen molar-refractivity contribution < 1.29 is 9.53 Å². The van der Waals surface area contributed by atoms with E-state index in [9.17, 15) is 4.79 Å². The number of urea groups is 1. The van der Waals surface area contributed by atoms with Gasteiger partial charge in [-0.2, -0.15) is 0 Å². The summed E-state index contributed by atoms with van der Waals surface area (Å²) in [6.45, 7) is 0.724. The molecule has 1 aliphatic rings. The minimum atomic E-state index is -0.102. The molecule has 1 aliphatic heterocycles. The van der Waals surface area contributed by atoms with Gasteiger partial charge in [-0.05, 0) is 41.8 Å². The first-order valence-corrected chi connectivity index (χ1v) is 7.24. The van der Waals surface area contributed by atoms with Crippen LogP contribution in [-0.2, 0) is 6.42 Å². The number of nitrogens with one attached hydrogen (secondary N) is 1. The molecule has 0 aromatic heterocycles. The highest BCUT2D eigenvalue weighted by atomic mass is 16.5. The van der Waals surface area contributed by atoms with Crippen molar-refractivity contribution in [2.24, 2.45) is 0 Å². The predicted octanol–water partition coefficient (Wildman–Crippen LogP) is 3.44. The number of benzene rings is 2. The number of ether oxygens (including phenoxy) is 1. The Bertz CT molecular complexity index is 692. The second kappa shape index (κ2) is 6.35. The molecule has 3 rings (SSSR count). The van der Waals surface area contributed by atoms with E-state index in [1.807, 2.05) is 48.5 Å². The standard InChI is InChI=1S/C18H18N2O2/c1-22-16-8-6-14(7-9-16)10-12-19-18(21)20-13-11-15-4-2-3-5-17(15)20/h2-10,12H,11,13H2,1H3,(H,19,21)/b12-10+. The first-order valence-electron chi connectivity index (χ1n) is 7.24. The molecule has 2 aromatic rings. The Morgan fingerprint density at radius 3 is 2.73 bits per heavy atom. The molecule has 0 unspecified atom stereocenters. The lowest BCUT2D eigenvalue weighted by atomic mass is 10.2. The normalized spacial score (nSPS) is 13.2. The van der Waals surface area contributed by atoms with Crippen LogP contribution in [0.5, 0.6) is 5.75 Å². The molecule has 0 aliphatic carbocycles. The number of carbonyl (C=O) groups is 1. The van der Waals surface area contributed by atoms with Gasteiger partial charge in [0.15, 0.2) is 0 Å². The second-order valence-electron chi connectivity index (χ2n) is 5.09. The van der Waals surface area contributed by atoms with E-state index in [4.69, 9.17) is 4.74 Å². The van der Waals surface area contributed by atoms with Crippen molar-refractivity contribution in [1.29, 1.82) is 0 Å². The fourth-order valence-electron chi connectivity index (χ4n) is 2.55. The molecule has 4 heteroatoms. The van der Waals surface area contributed by atoms with Crippen LogP contribution in [0.15, 0.2) is 54.7 Å². The van der Waals surface area contributed by atoms with Gasteiger partial charge >= 0.3 is 6.03 Å². The van der Waals surface area contributed by atoms with Gasteiger partial charge in [0.25, 0.3) is 0 Å². The molecule has 0 saturated heterocycles. The van der Waals surface area contributed by atoms with Gasteiger partial charge in [-0.1, -0.05) is 30.3 Å².